The zero-order chi connectivity index (χ0) is 14.1. The third-order valence-corrected chi connectivity index (χ3v) is 4.40. The zero-order valence-corrected chi connectivity index (χ0v) is 12.8. The van der Waals surface area contributed by atoms with Crippen LogP contribution in [0, 0.1) is 6.92 Å². The maximum Gasteiger partial charge on any atom is 0.238 e. The van der Waals surface area contributed by atoms with Gasteiger partial charge in [-0.2, -0.15) is 4.98 Å². The van der Waals surface area contributed by atoms with Gasteiger partial charge < -0.3 is 10.1 Å². The van der Waals surface area contributed by atoms with Gasteiger partial charge in [0.25, 0.3) is 0 Å². The van der Waals surface area contributed by atoms with Crippen molar-refractivity contribution in [1.29, 1.82) is 0 Å². The Morgan fingerprint density at radius 2 is 2.30 bits per heavy atom. The Kier molecular flexibility index (Phi) is 3.54. The van der Waals surface area contributed by atoms with Crippen molar-refractivity contribution in [3.05, 3.63) is 46.1 Å². The van der Waals surface area contributed by atoms with E-state index >= 15 is 0 Å². The highest BCUT2D eigenvalue weighted by Crippen LogP contribution is 2.26. The highest BCUT2D eigenvalue weighted by molar-refractivity contribution is 7.15. The lowest BCUT2D eigenvalue weighted by Crippen LogP contribution is -2.05. The molecular formula is C14H14ClN3OS. The standard InChI is InChI=1S/C14H14ClN3OS/c1-9-10(15)4-3-5-11(9)16-8-12-13(19-2)17-14-18(12)6-7-20-14/h3-7,16H,8H2,1-2H3. The lowest BCUT2D eigenvalue weighted by molar-refractivity contribution is 0.395. The van der Waals surface area contributed by atoms with Crippen molar-refractivity contribution in [3.63, 3.8) is 0 Å². The van der Waals surface area contributed by atoms with E-state index in [9.17, 15) is 0 Å². The molecule has 0 fully saturated rings. The number of fused-ring (bicyclic) bond motifs is 1. The van der Waals surface area contributed by atoms with Crippen LogP contribution in [0.3, 0.4) is 0 Å². The maximum atomic E-state index is 6.13. The Labute approximate surface area is 126 Å². The molecule has 4 nitrogen and oxygen atoms in total. The number of benzene rings is 1. The summed E-state index contributed by atoms with van der Waals surface area (Å²) in [4.78, 5) is 5.37. The summed E-state index contributed by atoms with van der Waals surface area (Å²) < 4.78 is 7.38. The van der Waals surface area contributed by atoms with Gasteiger partial charge in [-0.1, -0.05) is 17.7 Å². The molecule has 0 saturated heterocycles. The zero-order valence-electron chi connectivity index (χ0n) is 11.2. The van der Waals surface area contributed by atoms with E-state index in [0.29, 0.717) is 12.4 Å². The number of aromatic nitrogens is 2. The Hall–Kier alpha value is -1.72. The summed E-state index contributed by atoms with van der Waals surface area (Å²) in [7, 11) is 1.64. The number of rotatable bonds is 4. The normalized spacial score (nSPS) is 10.9. The van der Waals surface area contributed by atoms with E-state index in [1.807, 2.05) is 41.1 Å². The van der Waals surface area contributed by atoms with E-state index in [4.69, 9.17) is 16.3 Å². The first-order chi connectivity index (χ1) is 9.70. The molecule has 0 atom stereocenters. The number of thiazole rings is 1. The van der Waals surface area contributed by atoms with Crippen molar-refractivity contribution in [2.45, 2.75) is 13.5 Å². The molecule has 0 aliphatic rings. The highest BCUT2D eigenvalue weighted by Gasteiger charge is 2.13. The molecule has 0 spiro atoms. The Morgan fingerprint density at radius 1 is 1.45 bits per heavy atom. The highest BCUT2D eigenvalue weighted by atomic mass is 35.5. The van der Waals surface area contributed by atoms with Gasteiger partial charge in [-0.15, -0.1) is 11.3 Å². The quantitative estimate of drug-likeness (QED) is 0.792. The third-order valence-electron chi connectivity index (χ3n) is 3.23. The van der Waals surface area contributed by atoms with Crippen LogP contribution in [0.1, 0.15) is 11.3 Å². The van der Waals surface area contributed by atoms with Crippen molar-refractivity contribution < 1.29 is 4.74 Å². The number of imidazole rings is 1. The van der Waals surface area contributed by atoms with E-state index in [1.54, 1.807) is 18.4 Å². The first-order valence-electron chi connectivity index (χ1n) is 6.18. The first kappa shape index (κ1) is 13.3. The van der Waals surface area contributed by atoms with Crippen molar-refractivity contribution in [2.75, 3.05) is 12.4 Å². The molecule has 3 rings (SSSR count). The second kappa shape index (κ2) is 5.34. The van der Waals surface area contributed by atoms with Crippen LogP contribution in [-0.4, -0.2) is 16.5 Å². The average molecular weight is 308 g/mol. The van der Waals surface area contributed by atoms with Crippen LogP contribution in [0.25, 0.3) is 4.96 Å². The predicted molar refractivity (Wildman–Crippen MR) is 83.1 cm³/mol. The van der Waals surface area contributed by atoms with Crippen LogP contribution >= 0.6 is 22.9 Å². The van der Waals surface area contributed by atoms with Gasteiger partial charge in [-0.25, -0.2) is 0 Å². The van der Waals surface area contributed by atoms with Crippen molar-refractivity contribution in [3.8, 4) is 5.88 Å². The fourth-order valence-electron chi connectivity index (χ4n) is 2.11. The summed E-state index contributed by atoms with van der Waals surface area (Å²) in [5.74, 6) is 0.657. The molecule has 2 aromatic heterocycles. The number of anilines is 1. The molecule has 0 aliphatic heterocycles. The second-order valence-electron chi connectivity index (χ2n) is 4.39. The molecule has 0 aliphatic carbocycles. The van der Waals surface area contributed by atoms with E-state index in [0.717, 1.165) is 26.9 Å². The molecule has 6 heteroatoms. The smallest absolute Gasteiger partial charge is 0.238 e. The lowest BCUT2D eigenvalue weighted by atomic mass is 10.2. The van der Waals surface area contributed by atoms with E-state index in [2.05, 4.69) is 10.3 Å². The number of nitrogens with zero attached hydrogens (tertiary/aromatic N) is 2. The number of halogens is 1. The molecule has 1 aromatic carbocycles. The third kappa shape index (κ3) is 2.23. The van der Waals surface area contributed by atoms with Crippen LogP contribution in [0.15, 0.2) is 29.8 Å². The predicted octanol–water partition coefficient (Wildman–Crippen LogP) is 3.98. The van der Waals surface area contributed by atoms with Crippen molar-refractivity contribution in [1.82, 2.24) is 9.38 Å². The molecule has 0 amide bonds. The average Bonchev–Trinajstić information content (AvgIpc) is 3.01. The van der Waals surface area contributed by atoms with Gasteiger partial charge >= 0.3 is 0 Å². The van der Waals surface area contributed by atoms with Crippen LogP contribution in [0.5, 0.6) is 5.88 Å². The summed E-state index contributed by atoms with van der Waals surface area (Å²) in [6, 6.07) is 5.84. The fourth-order valence-corrected chi connectivity index (χ4v) is 3.01. The molecule has 3 aromatic rings. The summed E-state index contributed by atoms with van der Waals surface area (Å²) in [5, 5.41) is 6.16. The van der Waals surface area contributed by atoms with Gasteiger partial charge in [0, 0.05) is 22.3 Å². The van der Waals surface area contributed by atoms with Crippen LogP contribution < -0.4 is 10.1 Å². The van der Waals surface area contributed by atoms with Crippen molar-refractivity contribution >= 4 is 33.6 Å². The SMILES string of the molecule is COc1nc2sccn2c1CNc1cccc(Cl)c1C. The Balaban J connectivity index is 1.89. The molecule has 20 heavy (non-hydrogen) atoms. The van der Waals surface area contributed by atoms with Gasteiger partial charge in [0.05, 0.1) is 13.7 Å². The molecule has 104 valence electrons. The van der Waals surface area contributed by atoms with Gasteiger partial charge in [-0.05, 0) is 24.6 Å². The molecule has 0 saturated carbocycles. The molecule has 2 heterocycles. The van der Waals surface area contributed by atoms with E-state index in [1.165, 1.54) is 0 Å². The van der Waals surface area contributed by atoms with Crippen LogP contribution in [0.4, 0.5) is 5.69 Å². The maximum absolute atomic E-state index is 6.13. The number of methoxy groups -OCH3 is 1. The van der Waals surface area contributed by atoms with Crippen molar-refractivity contribution in [2.24, 2.45) is 0 Å². The molecule has 0 radical (unpaired) electrons. The van der Waals surface area contributed by atoms with Crippen LogP contribution in [0.2, 0.25) is 5.02 Å². The van der Waals surface area contributed by atoms with Gasteiger partial charge in [0.1, 0.15) is 5.69 Å². The summed E-state index contributed by atoms with van der Waals surface area (Å²) in [5.41, 5.74) is 3.06. The number of hydrogen-bond acceptors (Lipinski definition) is 4. The minimum Gasteiger partial charge on any atom is -0.480 e. The fraction of sp³-hybridized carbons (Fsp3) is 0.214. The Morgan fingerprint density at radius 3 is 3.10 bits per heavy atom. The number of hydrogen-bond donors (Lipinski definition) is 1. The molecule has 0 unspecified atom stereocenters. The van der Waals surface area contributed by atoms with Gasteiger partial charge in [0.15, 0.2) is 4.96 Å². The topological polar surface area (TPSA) is 38.6 Å². The number of nitrogens with one attached hydrogen (secondary N) is 1. The monoisotopic (exact) mass is 307 g/mol. The Bertz CT molecular complexity index is 750. The second-order valence-corrected chi connectivity index (χ2v) is 5.67. The van der Waals surface area contributed by atoms with E-state index in [-0.39, 0.29) is 0 Å². The number of ether oxygens (including phenoxy) is 1. The first-order valence-corrected chi connectivity index (χ1v) is 7.44. The van der Waals surface area contributed by atoms with E-state index < -0.39 is 0 Å². The minimum atomic E-state index is 0.627. The minimum absolute atomic E-state index is 0.627. The largest absolute Gasteiger partial charge is 0.480 e. The molecule has 1 N–H and O–H groups in total. The molecule has 0 bridgehead atoms. The van der Waals surface area contributed by atoms with Gasteiger partial charge in [-0.3, -0.25) is 4.40 Å². The molecular weight excluding hydrogens is 294 g/mol. The lowest BCUT2D eigenvalue weighted by Gasteiger charge is -2.10. The summed E-state index contributed by atoms with van der Waals surface area (Å²) in [6.45, 7) is 2.63. The summed E-state index contributed by atoms with van der Waals surface area (Å²) >= 11 is 7.72. The van der Waals surface area contributed by atoms with Gasteiger partial charge in [0.2, 0.25) is 5.88 Å². The van der Waals surface area contributed by atoms with Crippen LogP contribution in [-0.2, 0) is 6.54 Å². The summed E-state index contributed by atoms with van der Waals surface area (Å²) in [6.07, 6.45) is 2.00.